The highest BCUT2D eigenvalue weighted by Gasteiger charge is 2.33. The van der Waals surface area contributed by atoms with E-state index in [9.17, 15) is 0 Å². The van der Waals surface area contributed by atoms with Crippen LogP contribution in [0.5, 0.6) is 0 Å². The van der Waals surface area contributed by atoms with Gasteiger partial charge in [-0.1, -0.05) is 49.0 Å². The van der Waals surface area contributed by atoms with E-state index < -0.39 is 0 Å². The van der Waals surface area contributed by atoms with Gasteiger partial charge >= 0.3 is 7.48 Å². The summed E-state index contributed by atoms with van der Waals surface area (Å²) in [4.78, 5) is 0. The van der Waals surface area contributed by atoms with Crippen LogP contribution in [0.15, 0.2) is 24.3 Å². The molecule has 4 heteroatoms. The number of hydrogen-bond donors (Lipinski definition) is 0. The highest BCUT2D eigenvalue weighted by atomic mass is 31.0. The smallest absolute Gasteiger partial charge is 0.330 e. The van der Waals surface area contributed by atoms with Crippen LogP contribution in [0, 0.1) is 0 Å². The lowest BCUT2D eigenvalue weighted by atomic mass is 9.82. The fourth-order valence-electron chi connectivity index (χ4n) is 0.942. The molecule has 83 valence electrons. The zero-order chi connectivity index (χ0) is 12.4. The molecule has 0 N–H and O–H groups in total. The Hall–Kier alpha value is -0.260. The van der Waals surface area contributed by atoms with Crippen LogP contribution in [0.4, 0.5) is 0 Å². The number of rotatable bonds is 4. The summed E-state index contributed by atoms with van der Waals surface area (Å²) in [5.74, 6) is 0. The molecule has 1 atom stereocenters. The minimum atomic E-state index is -0.237. The first kappa shape index (κ1) is 13.8. The van der Waals surface area contributed by atoms with Crippen LogP contribution in [0.2, 0.25) is 0 Å². The summed E-state index contributed by atoms with van der Waals surface area (Å²) >= 11 is 0. The van der Waals surface area contributed by atoms with Crippen LogP contribution in [0.3, 0.4) is 0 Å². The van der Waals surface area contributed by atoms with Crippen LogP contribution in [-0.4, -0.2) is 26.1 Å². The monoisotopic (exact) mass is 231 g/mol. The van der Waals surface area contributed by atoms with Crippen molar-refractivity contribution in [3.8, 4) is 0 Å². The summed E-state index contributed by atoms with van der Waals surface area (Å²) in [5, 5.41) is 0.0112. The largest absolute Gasteiger partial charge is 0.429 e. The summed E-state index contributed by atoms with van der Waals surface area (Å²) in [6, 6.07) is 7.63. The first-order chi connectivity index (χ1) is 7.22. The maximum Gasteiger partial charge on any atom is 0.330 e. The molecule has 0 amide bonds. The van der Waals surface area contributed by atoms with Gasteiger partial charge in [-0.15, -0.1) is 9.24 Å². The van der Waals surface area contributed by atoms with Crippen molar-refractivity contribution in [1.29, 1.82) is 0 Å². The summed E-state index contributed by atoms with van der Waals surface area (Å²) in [5.41, 5.74) is 1.55. The quantitative estimate of drug-likeness (QED) is 0.558. The van der Waals surface area contributed by atoms with Crippen LogP contribution in [0.25, 0.3) is 0 Å². The zero-order valence-corrected chi connectivity index (χ0v) is 11.6. The van der Waals surface area contributed by atoms with Gasteiger partial charge in [-0.2, -0.15) is 0 Å². The number of hydrogen-bond acceptors (Lipinski definition) is 1. The van der Waals surface area contributed by atoms with Gasteiger partial charge in [0, 0.05) is 5.16 Å². The predicted octanol–water partition coefficient (Wildman–Crippen LogP) is 1.17. The van der Waals surface area contributed by atoms with E-state index in [4.69, 9.17) is 12.5 Å². The van der Waals surface area contributed by atoms with Crippen molar-refractivity contribution in [3.63, 3.8) is 0 Å². The molecular formula is C12H18B2OP. The molecule has 0 aliphatic rings. The topological polar surface area (TPSA) is 9.23 Å². The molecule has 16 heavy (non-hydrogen) atoms. The molecule has 0 saturated heterocycles. The van der Waals surface area contributed by atoms with E-state index in [1.54, 1.807) is 7.48 Å². The first-order valence-corrected chi connectivity index (χ1v) is 5.95. The van der Waals surface area contributed by atoms with Crippen molar-refractivity contribution in [2.24, 2.45) is 0 Å². The summed E-state index contributed by atoms with van der Waals surface area (Å²) in [6.45, 7) is 8.42. The van der Waals surface area contributed by atoms with Crippen LogP contribution in [0.1, 0.15) is 27.7 Å². The molecule has 0 saturated carbocycles. The Kier molecular flexibility index (Phi) is 4.26. The molecule has 0 bridgehead atoms. The van der Waals surface area contributed by atoms with E-state index in [1.807, 2.05) is 24.3 Å². The third-order valence-corrected chi connectivity index (χ3v) is 3.67. The standard InChI is InChI=1S/C12H18B2OP/c1-11(2,12(3,4)16)15-14-10-7-5-9(13)6-8-10/h5-8H,16H2,1-4H3. The average molecular weight is 231 g/mol. The molecule has 0 aliphatic heterocycles. The molecule has 0 spiro atoms. The van der Waals surface area contributed by atoms with Crippen molar-refractivity contribution in [2.45, 2.75) is 38.5 Å². The summed E-state index contributed by atoms with van der Waals surface area (Å²) < 4.78 is 5.83. The minimum absolute atomic E-state index is 0.0112. The van der Waals surface area contributed by atoms with Crippen molar-refractivity contribution >= 4 is 35.5 Å². The van der Waals surface area contributed by atoms with E-state index >= 15 is 0 Å². The van der Waals surface area contributed by atoms with Crippen molar-refractivity contribution in [1.82, 2.24) is 0 Å². The maximum atomic E-state index is 5.83. The molecule has 1 unspecified atom stereocenters. The highest BCUT2D eigenvalue weighted by molar-refractivity contribution is 7.19. The van der Waals surface area contributed by atoms with Gasteiger partial charge in [-0.25, -0.2) is 0 Å². The lowest BCUT2D eigenvalue weighted by Crippen LogP contribution is -2.45. The Balaban J connectivity index is 2.61. The Morgan fingerprint density at radius 3 is 2.06 bits per heavy atom. The van der Waals surface area contributed by atoms with E-state index in [0.717, 1.165) is 10.9 Å². The fraction of sp³-hybridized carbons (Fsp3) is 0.500. The SMILES string of the molecule is [B]c1ccc([B]OC(C)(C)C(C)(C)P)cc1. The average Bonchev–Trinajstić information content (AvgIpc) is 2.15. The van der Waals surface area contributed by atoms with Gasteiger partial charge in [0.15, 0.2) is 0 Å². The Morgan fingerprint density at radius 1 is 1.12 bits per heavy atom. The maximum absolute atomic E-state index is 5.83. The molecule has 1 nitrogen and oxygen atoms in total. The molecule has 0 heterocycles. The molecule has 1 aromatic carbocycles. The molecule has 0 aromatic heterocycles. The molecule has 3 radical (unpaired) electrons. The second-order valence-electron chi connectivity index (χ2n) is 5.13. The van der Waals surface area contributed by atoms with Crippen molar-refractivity contribution in [2.75, 3.05) is 0 Å². The Morgan fingerprint density at radius 2 is 1.62 bits per heavy atom. The normalized spacial score (nSPS) is 12.6. The molecule has 0 fully saturated rings. The molecule has 1 rings (SSSR count). The molecular weight excluding hydrogens is 213 g/mol. The van der Waals surface area contributed by atoms with Crippen molar-refractivity contribution < 1.29 is 4.65 Å². The van der Waals surface area contributed by atoms with Crippen molar-refractivity contribution in [3.05, 3.63) is 24.3 Å². The van der Waals surface area contributed by atoms with Gasteiger partial charge < -0.3 is 4.65 Å². The lowest BCUT2D eigenvalue weighted by molar-refractivity contribution is 0.0841. The van der Waals surface area contributed by atoms with E-state index in [1.165, 1.54) is 0 Å². The van der Waals surface area contributed by atoms with Gasteiger partial charge in [0.2, 0.25) is 0 Å². The van der Waals surface area contributed by atoms with Crippen LogP contribution < -0.4 is 10.9 Å². The molecule has 1 aromatic rings. The zero-order valence-electron chi connectivity index (χ0n) is 10.4. The Labute approximate surface area is 103 Å². The van der Waals surface area contributed by atoms with Gasteiger partial charge in [0.25, 0.3) is 0 Å². The van der Waals surface area contributed by atoms with E-state index in [2.05, 4.69) is 36.9 Å². The van der Waals surface area contributed by atoms with E-state index in [-0.39, 0.29) is 10.8 Å². The first-order valence-electron chi connectivity index (χ1n) is 5.38. The van der Waals surface area contributed by atoms with Gasteiger partial charge in [-0.3, -0.25) is 0 Å². The van der Waals surface area contributed by atoms with Crippen LogP contribution >= 0.6 is 9.24 Å². The van der Waals surface area contributed by atoms with Gasteiger partial charge in [0.1, 0.15) is 7.85 Å². The van der Waals surface area contributed by atoms with Gasteiger partial charge in [-0.05, 0) is 13.8 Å². The van der Waals surface area contributed by atoms with Crippen LogP contribution in [-0.2, 0) is 4.65 Å². The minimum Gasteiger partial charge on any atom is -0.429 e. The number of benzene rings is 1. The second-order valence-corrected chi connectivity index (χ2v) is 6.58. The highest BCUT2D eigenvalue weighted by Crippen LogP contribution is 2.32. The Bertz CT molecular complexity index is 341. The predicted molar refractivity (Wildman–Crippen MR) is 76.2 cm³/mol. The molecule has 0 aliphatic carbocycles. The fourth-order valence-corrected chi connectivity index (χ4v) is 1.01. The summed E-state index contributed by atoms with van der Waals surface area (Å²) in [7, 11) is 10.2. The second kappa shape index (κ2) is 4.94. The lowest BCUT2D eigenvalue weighted by Gasteiger charge is -2.39. The third kappa shape index (κ3) is 3.64. The van der Waals surface area contributed by atoms with E-state index in [0.29, 0.717) is 0 Å². The third-order valence-electron chi connectivity index (χ3n) is 2.98. The summed E-state index contributed by atoms with van der Waals surface area (Å²) in [6.07, 6.45) is 0. The van der Waals surface area contributed by atoms with Gasteiger partial charge in [0.05, 0.1) is 5.60 Å².